The highest BCUT2D eigenvalue weighted by Gasteiger charge is 2.30. The summed E-state index contributed by atoms with van der Waals surface area (Å²) in [4.78, 5) is 12.8. The standard InChI is InChI=1S/C21H18F3NO3S/c1-14(25-20(26)19-3-2-12-29-19)16-6-10-17(11-7-16)27-13-15-4-8-18(9-5-15)28-21(22,23)24/h2-12,14H,13H2,1H3,(H,25,26). The Kier molecular flexibility index (Phi) is 6.43. The number of rotatable bonds is 7. The van der Waals surface area contributed by atoms with Crippen LogP contribution in [0.2, 0.25) is 0 Å². The van der Waals surface area contributed by atoms with Crippen molar-refractivity contribution in [3.05, 3.63) is 82.0 Å². The van der Waals surface area contributed by atoms with Crippen LogP contribution in [0.1, 0.15) is 33.8 Å². The summed E-state index contributed by atoms with van der Waals surface area (Å²) in [6.45, 7) is 2.10. The number of alkyl halides is 3. The zero-order chi connectivity index (χ0) is 20.9. The van der Waals surface area contributed by atoms with Gasteiger partial charge in [0.05, 0.1) is 10.9 Å². The molecule has 0 saturated heterocycles. The van der Waals surface area contributed by atoms with E-state index in [1.165, 1.54) is 35.6 Å². The molecule has 1 aromatic heterocycles. The highest BCUT2D eigenvalue weighted by molar-refractivity contribution is 7.12. The molecule has 1 atom stereocenters. The number of benzene rings is 2. The van der Waals surface area contributed by atoms with E-state index in [1.807, 2.05) is 30.5 Å². The van der Waals surface area contributed by atoms with E-state index >= 15 is 0 Å². The van der Waals surface area contributed by atoms with Crippen LogP contribution in [0, 0.1) is 0 Å². The molecule has 1 unspecified atom stereocenters. The second kappa shape index (κ2) is 9.00. The highest BCUT2D eigenvalue weighted by Crippen LogP contribution is 2.24. The van der Waals surface area contributed by atoms with E-state index in [9.17, 15) is 18.0 Å². The molecule has 0 radical (unpaired) electrons. The lowest BCUT2D eigenvalue weighted by atomic mass is 10.1. The number of amides is 1. The van der Waals surface area contributed by atoms with Crippen LogP contribution in [-0.4, -0.2) is 12.3 Å². The quantitative estimate of drug-likeness (QED) is 0.531. The summed E-state index contributed by atoms with van der Waals surface area (Å²) in [6, 6.07) is 16.2. The average molecular weight is 421 g/mol. The number of halogens is 3. The second-order valence-corrected chi connectivity index (χ2v) is 7.17. The van der Waals surface area contributed by atoms with Gasteiger partial charge in [-0.05, 0) is 53.8 Å². The molecule has 29 heavy (non-hydrogen) atoms. The Morgan fingerprint density at radius 3 is 2.28 bits per heavy atom. The number of ether oxygens (including phenoxy) is 2. The van der Waals surface area contributed by atoms with Gasteiger partial charge in [0.1, 0.15) is 18.1 Å². The summed E-state index contributed by atoms with van der Waals surface area (Å²) < 4.78 is 46.0. The predicted octanol–water partition coefficient (Wildman–Crippen LogP) is 5.72. The number of nitrogens with one attached hydrogen (secondary N) is 1. The lowest BCUT2D eigenvalue weighted by molar-refractivity contribution is -0.274. The van der Waals surface area contributed by atoms with Crippen LogP contribution in [-0.2, 0) is 6.61 Å². The van der Waals surface area contributed by atoms with Crippen molar-refractivity contribution in [1.29, 1.82) is 0 Å². The molecule has 0 fully saturated rings. The molecule has 1 heterocycles. The minimum absolute atomic E-state index is 0.120. The number of thiophene rings is 1. The normalized spacial score (nSPS) is 12.3. The zero-order valence-corrected chi connectivity index (χ0v) is 16.2. The summed E-state index contributed by atoms with van der Waals surface area (Å²) >= 11 is 1.38. The minimum Gasteiger partial charge on any atom is -0.489 e. The van der Waals surface area contributed by atoms with Crippen LogP contribution in [0.3, 0.4) is 0 Å². The number of carbonyl (C=O) groups excluding carboxylic acids is 1. The smallest absolute Gasteiger partial charge is 0.489 e. The molecule has 4 nitrogen and oxygen atoms in total. The molecule has 1 N–H and O–H groups in total. The van der Waals surface area contributed by atoms with Crippen molar-refractivity contribution in [3.63, 3.8) is 0 Å². The van der Waals surface area contributed by atoms with Crippen LogP contribution in [0.4, 0.5) is 13.2 Å². The Morgan fingerprint density at radius 1 is 1.03 bits per heavy atom. The molecule has 0 bridgehead atoms. The summed E-state index contributed by atoms with van der Waals surface area (Å²) in [7, 11) is 0. The monoisotopic (exact) mass is 421 g/mol. The Labute approximate surface area is 169 Å². The third-order valence-corrected chi connectivity index (χ3v) is 4.90. The molecule has 0 aliphatic rings. The van der Waals surface area contributed by atoms with Crippen molar-refractivity contribution in [2.24, 2.45) is 0 Å². The fourth-order valence-corrected chi connectivity index (χ4v) is 3.19. The molecular weight excluding hydrogens is 403 g/mol. The molecule has 8 heteroatoms. The fraction of sp³-hybridized carbons (Fsp3) is 0.190. The predicted molar refractivity (Wildman–Crippen MR) is 104 cm³/mol. The van der Waals surface area contributed by atoms with Gasteiger partial charge in [0.15, 0.2) is 0 Å². The first kappa shape index (κ1) is 20.7. The Bertz CT molecular complexity index is 923. The molecule has 0 aliphatic heterocycles. The van der Waals surface area contributed by atoms with Crippen LogP contribution < -0.4 is 14.8 Å². The number of hydrogen-bond acceptors (Lipinski definition) is 4. The summed E-state index contributed by atoms with van der Waals surface area (Å²) in [5, 5.41) is 4.79. The van der Waals surface area contributed by atoms with Crippen molar-refractivity contribution >= 4 is 17.2 Å². The summed E-state index contributed by atoms with van der Waals surface area (Å²) in [6.07, 6.45) is -4.71. The topological polar surface area (TPSA) is 47.6 Å². The highest BCUT2D eigenvalue weighted by atomic mass is 32.1. The fourth-order valence-electron chi connectivity index (χ4n) is 2.57. The second-order valence-electron chi connectivity index (χ2n) is 6.22. The van der Waals surface area contributed by atoms with E-state index < -0.39 is 6.36 Å². The maximum absolute atomic E-state index is 12.2. The van der Waals surface area contributed by atoms with Crippen LogP contribution in [0.15, 0.2) is 66.0 Å². The SMILES string of the molecule is CC(NC(=O)c1cccs1)c1ccc(OCc2ccc(OC(F)(F)F)cc2)cc1. The minimum atomic E-state index is -4.71. The van der Waals surface area contributed by atoms with Crippen molar-refractivity contribution < 1.29 is 27.4 Å². The maximum atomic E-state index is 12.2. The van der Waals surface area contributed by atoms with Crippen molar-refractivity contribution in [1.82, 2.24) is 5.32 Å². The number of carbonyl (C=O) groups is 1. The third-order valence-electron chi connectivity index (χ3n) is 4.04. The van der Waals surface area contributed by atoms with E-state index in [1.54, 1.807) is 18.2 Å². The lowest BCUT2D eigenvalue weighted by Gasteiger charge is -2.14. The van der Waals surface area contributed by atoms with Crippen LogP contribution >= 0.6 is 11.3 Å². The zero-order valence-electron chi connectivity index (χ0n) is 15.4. The molecule has 2 aromatic carbocycles. The van der Waals surface area contributed by atoms with E-state index in [-0.39, 0.29) is 24.3 Å². The average Bonchev–Trinajstić information content (AvgIpc) is 3.21. The van der Waals surface area contributed by atoms with E-state index in [4.69, 9.17) is 4.74 Å². The van der Waals surface area contributed by atoms with E-state index in [2.05, 4.69) is 10.1 Å². The van der Waals surface area contributed by atoms with Crippen molar-refractivity contribution in [2.75, 3.05) is 0 Å². The van der Waals surface area contributed by atoms with Gasteiger partial charge in [0.2, 0.25) is 0 Å². The van der Waals surface area contributed by atoms with Crippen LogP contribution in [0.5, 0.6) is 11.5 Å². The Balaban J connectivity index is 1.52. The van der Waals surface area contributed by atoms with Gasteiger partial charge in [0, 0.05) is 0 Å². The maximum Gasteiger partial charge on any atom is 0.573 e. The lowest BCUT2D eigenvalue weighted by Crippen LogP contribution is -2.25. The third kappa shape index (κ3) is 6.25. The first-order valence-corrected chi connectivity index (χ1v) is 9.60. The first-order valence-electron chi connectivity index (χ1n) is 8.72. The van der Waals surface area contributed by atoms with Gasteiger partial charge in [-0.3, -0.25) is 4.79 Å². The Hall–Kier alpha value is -3.00. The van der Waals surface area contributed by atoms with Gasteiger partial charge >= 0.3 is 6.36 Å². The molecule has 3 aromatic rings. The summed E-state index contributed by atoms with van der Waals surface area (Å²) in [5.41, 5.74) is 1.64. The van der Waals surface area contributed by atoms with Gasteiger partial charge < -0.3 is 14.8 Å². The Morgan fingerprint density at radius 2 is 1.69 bits per heavy atom. The van der Waals surface area contributed by atoms with Crippen LogP contribution in [0.25, 0.3) is 0 Å². The molecule has 3 rings (SSSR count). The molecule has 0 saturated carbocycles. The molecule has 0 spiro atoms. The molecule has 1 amide bonds. The summed E-state index contributed by atoms with van der Waals surface area (Å²) in [5.74, 6) is 0.219. The number of hydrogen-bond donors (Lipinski definition) is 1. The first-order chi connectivity index (χ1) is 13.8. The van der Waals surface area contributed by atoms with Gasteiger partial charge in [-0.15, -0.1) is 24.5 Å². The largest absolute Gasteiger partial charge is 0.573 e. The van der Waals surface area contributed by atoms with Crippen molar-refractivity contribution in [2.45, 2.75) is 25.9 Å². The molecule has 152 valence electrons. The molecular formula is C21H18F3NO3S. The van der Waals surface area contributed by atoms with E-state index in [0.717, 1.165) is 5.56 Å². The van der Waals surface area contributed by atoms with Crippen molar-refractivity contribution in [3.8, 4) is 11.5 Å². The van der Waals surface area contributed by atoms with E-state index in [0.29, 0.717) is 16.2 Å². The van der Waals surface area contributed by atoms with Gasteiger partial charge in [0.25, 0.3) is 5.91 Å². The van der Waals surface area contributed by atoms with Gasteiger partial charge in [-0.1, -0.05) is 30.3 Å². The molecule has 0 aliphatic carbocycles. The van der Waals surface area contributed by atoms with Gasteiger partial charge in [-0.2, -0.15) is 0 Å². The van der Waals surface area contributed by atoms with Gasteiger partial charge in [-0.25, -0.2) is 0 Å².